The van der Waals surface area contributed by atoms with E-state index in [1.165, 1.54) is 24.3 Å². The molecule has 0 amide bonds. The summed E-state index contributed by atoms with van der Waals surface area (Å²) >= 11 is 0. The number of anilines is 1. The zero-order chi connectivity index (χ0) is 11.4. The number of nitrogen functional groups attached to an aromatic ring is 1. The Hall–Kier alpha value is -2.30. The van der Waals surface area contributed by atoms with Gasteiger partial charge in [-0.1, -0.05) is 12.1 Å². The van der Waals surface area contributed by atoms with Crippen LogP contribution in [0.15, 0.2) is 29.8 Å². The Balaban J connectivity index is 3.08. The van der Waals surface area contributed by atoms with Crippen molar-refractivity contribution in [2.45, 2.75) is 0 Å². The summed E-state index contributed by atoms with van der Waals surface area (Å²) in [5, 5.41) is 20.8. The van der Waals surface area contributed by atoms with Crippen molar-refractivity contribution in [1.29, 1.82) is 0 Å². The van der Waals surface area contributed by atoms with Crippen LogP contribution in [0.4, 0.5) is 5.69 Å². The minimum Gasteiger partial charge on any atom is -0.545 e. The third-order valence-electron chi connectivity index (χ3n) is 1.69. The molecule has 0 saturated heterocycles. The quantitative estimate of drug-likeness (QED) is 0.270. The van der Waals surface area contributed by atoms with Crippen LogP contribution in [0.3, 0.4) is 0 Å². The van der Waals surface area contributed by atoms with Crippen molar-refractivity contribution in [2.75, 3.05) is 5.73 Å². The maximum absolute atomic E-state index is 10.4. The van der Waals surface area contributed by atoms with E-state index in [2.05, 4.69) is 0 Å². The summed E-state index contributed by atoms with van der Waals surface area (Å²) in [6.45, 7) is 0. The van der Waals surface area contributed by atoms with Gasteiger partial charge in [0.1, 0.15) is 0 Å². The molecule has 15 heavy (non-hydrogen) atoms. The number of aliphatic carboxylic acids is 2. The van der Waals surface area contributed by atoms with Gasteiger partial charge >= 0.3 is 0 Å². The number of carbonyl (C=O) groups is 2. The Morgan fingerprint density at radius 2 is 1.53 bits per heavy atom. The SMILES string of the molecule is Nc1ccc(C=C(C(=O)[O-])C(=O)[O-])cc1. The maximum atomic E-state index is 10.4. The minimum absolute atomic E-state index is 0.396. The van der Waals surface area contributed by atoms with Crippen molar-refractivity contribution in [3.63, 3.8) is 0 Å². The van der Waals surface area contributed by atoms with Crippen LogP contribution in [0.25, 0.3) is 6.08 Å². The predicted octanol–water partition coefficient (Wildman–Crippen LogP) is -1.85. The Labute approximate surface area is 85.5 Å². The lowest BCUT2D eigenvalue weighted by Crippen LogP contribution is -2.36. The molecule has 78 valence electrons. The molecule has 0 spiro atoms. The summed E-state index contributed by atoms with van der Waals surface area (Å²) < 4.78 is 0. The second kappa shape index (κ2) is 4.28. The summed E-state index contributed by atoms with van der Waals surface area (Å²) in [5.41, 5.74) is 5.39. The second-order valence-corrected chi connectivity index (χ2v) is 2.80. The Morgan fingerprint density at radius 1 is 1.07 bits per heavy atom. The first-order chi connectivity index (χ1) is 7.00. The molecule has 0 fully saturated rings. The van der Waals surface area contributed by atoms with E-state index in [1.54, 1.807) is 0 Å². The van der Waals surface area contributed by atoms with Crippen LogP contribution in [-0.4, -0.2) is 11.9 Å². The topological polar surface area (TPSA) is 106 Å². The fourth-order valence-electron chi connectivity index (χ4n) is 0.960. The molecule has 1 aromatic rings. The van der Waals surface area contributed by atoms with Gasteiger partial charge in [-0.2, -0.15) is 0 Å². The van der Waals surface area contributed by atoms with Crippen LogP contribution in [0, 0.1) is 0 Å². The van der Waals surface area contributed by atoms with E-state index in [4.69, 9.17) is 5.73 Å². The van der Waals surface area contributed by atoms with Crippen LogP contribution in [0.1, 0.15) is 5.56 Å². The molecule has 0 unspecified atom stereocenters. The molecule has 2 N–H and O–H groups in total. The molecular weight excluding hydrogens is 198 g/mol. The number of nitrogens with two attached hydrogens (primary N) is 1. The first-order valence-corrected chi connectivity index (χ1v) is 4.00. The summed E-state index contributed by atoms with van der Waals surface area (Å²) in [6, 6.07) is 6.02. The maximum Gasteiger partial charge on any atom is 0.0733 e. The molecule has 0 aromatic heterocycles. The normalized spacial score (nSPS) is 9.33. The standard InChI is InChI=1S/C10H9NO4/c11-7-3-1-6(2-4-7)5-8(9(12)13)10(14)15/h1-5H,11H2,(H,12,13)(H,14,15)/p-2. The van der Waals surface area contributed by atoms with Crippen molar-refractivity contribution in [1.82, 2.24) is 0 Å². The number of carboxylic acids is 2. The molecule has 0 aliphatic heterocycles. The van der Waals surface area contributed by atoms with E-state index in [9.17, 15) is 19.8 Å². The lowest BCUT2D eigenvalue weighted by molar-refractivity contribution is -0.311. The van der Waals surface area contributed by atoms with Crippen molar-refractivity contribution < 1.29 is 19.8 Å². The highest BCUT2D eigenvalue weighted by Gasteiger charge is 1.99. The highest BCUT2D eigenvalue weighted by Crippen LogP contribution is 2.09. The predicted molar refractivity (Wildman–Crippen MR) is 48.8 cm³/mol. The number of carbonyl (C=O) groups excluding carboxylic acids is 2. The van der Waals surface area contributed by atoms with Crippen molar-refractivity contribution in [3.05, 3.63) is 35.4 Å². The Kier molecular flexibility index (Phi) is 3.07. The molecule has 5 heteroatoms. The van der Waals surface area contributed by atoms with Gasteiger partial charge in [-0.25, -0.2) is 0 Å². The smallest absolute Gasteiger partial charge is 0.0733 e. The zero-order valence-corrected chi connectivity index (χ0v) is 7.60. The van der Waals surface area contributed by atoms with E-state index < -0.39 is 17.5 Å². The molecule has 5 nitrogen and oxygen atoms in total. The van der Waals surface area contributed by atoms with E-state index in [0.29, 0.717) is 11.3 Å². The average Bonchev–Trinajstić information content (AvgIpc) is 2.15. The Morgan fingerprint density at radius 3 is 1.93 bits per heavy atom. The summed E-state index contributed by atoms with van der Waals surface area (Å²) in [5.74, 6) is -3.57. The minimum atomic E-state index is -1.79. The number of hydrogen-bond acceptors (Lipinski definition) is 5. The monoisotopic (exact) mass is 205 g/mol. The summed E-state index contributed by atoms with van der Waals surface area (Å²) in [7, 11) is 0. The number of hydrogen-bond donors (Lipinski definition) is 1. The van der Waals surface area contributed by atoms with Gasteiger partial charge in [0.15, 0.2) is 0 Å². The molecule has 0 atom stereocenters. The summed E-state index contributed by atoms with van der Waals surface area (Å²) in [6.07, 6.45) is 0.949. The highest BCUT2D eigenvalue weighted by atomic mass is 16.4. The highest BCUT2D eigenvalue weighted by molar-refractivity contribution is 6.14. The van der Waals surface area contributed by atoms with Crippen LogP contribution >= 0.6 is 0 Å². The largest absolute Gasteiger partial charge is 0.545 e. The van der Waals surface area contributed by atoms with Crippen LogP contribution in [-0.2, 0) is 9.59 Å². The van der Waals surface area contributed by atoms with Gasteiger partial charge < -0.3 is 25.5 Å². The number of rotatable bonds is 3. The number of benzene rings is 1. The van der Waals surface area contributed by atoms with Crippen molar-refractivity contribution in [3.8, 4) is 0 Å². The molecule has 0 bridgehead atoms. The second-order valence-electron chi connectivity index (χ2n) is 2.80. The van der Waals surface area contributed by atoms with Crippen LogP contribution in [0.5, 0.6) is 0 Å². The van der Waals surface area contributed by atoms with Crippen molar-refractivity contribution >= 4 is 23.7 Å². The first-order valence-electron chi connectivity index (χ1n) is 4.00. The molecule has 0 aliphatic carbocycles. The lowest BCUT2D eigenvalue weighted by atomic mass is 10.1. The molecule has 0 radical (unpaired) electrons. The molecule has 0 saturated carbocycles. The molecule has 0 heterocycles. The molecular formula is C10H7NO4-2. The fraction of sp³-hybridized carbons (Fsp3) is 0. The lowest BCUT2D eigenvalue weighted by Gasteiger charge is -2.09. The van der Waals surface area contributed by atoms with E-state index >= 15 is 0 Å². The van der Waals surface area contributed by atoms with Gasteiger partial charge in [0.05, 0.1) is 11.9 Å². The van der Waals surface area contributed by atoms with E-state index in [1.807, 2.05) is 0 Å². The molecule has 1 rings (SSSR count). The van der Waals surface area contributed by atoms with Gasteiger partial charge in [0, 0.05) is 11.3 Å². The third-order valence-corrected chi connectivity index (χ3v) is 1.69. The molecule has 1 aromatic carbocycles. The number of carboxylic acid groups (broad SMARTS) is 2. The van der Waals surface area contributed by atoms with Gasteiger partial charge in [-0.15, -0.1) is 0 Å². The van der Waals surface area contributed by atoms with Gasteiger partial charge in [-0.05, 0) is 23.8 Å². The molecule has 0 aliphatic rings. The Bertz CT molecular complexity index is 404. The van der Waals surface area contributed by atoms with Crippen molar-refractivity contribution in [2.24, 2.45) is 0 Å². The van der Waals surface area contributed by atoms with Crippen LogP contribution < -0.4 is 15.9 Å². The zero-order valence-electron chi connectivity index (χ0n) is 7.60. The van der Waals surface area contributed by atoms with Gasteiger partial charge in [0.2, 0.25) is 0 Å². The third kappa shape index (κ3) is 2.84. The van der Waals surface area contributed by atoms with Gasteiger partial charge in [0.25, 0.3) is 0 Å². The fourth-order valence-corrected chi connectivity index (χ4v) is 0.960. The van der Waals surface area contributed by atoms with Crippen LogP contribution in [0.2, 0.25) is 0 Å². The average molecular weight is 205 g/mol. The van der Waals surface area contributed by atoms with Gasteiger partial charge in [-0.3, -0.25) is 0 Å². The first kappa shape index (κ1) is 10.8. The van der Waals surface area contributed by atoms with E-state index in [-0.39, 0.29) is 0 Å². The summed E-state index contributed by atoms with van der Waals surface area (Å²) in [4.78, 5) is 20.8. The van der Waals surface area contributed by atoms with E-state index in [0.717, 1.165) is 6.08 Å².